The van der Waals surface area contributed by atoms with E-state index in [-0.39, 0.29) is 25.8 Å². The molecule has 1 aliphatic rings. The van der Waals surface area contributed by atoms with Gasteiger partial charge in [0.1, 0.15) is 0 Å². The van der Waals surface area contributed by atoms with Crippen molar-refractivity contribution in [3.63, 3.8) is 0 Å². The summed E-state index contributed by atoms with van der Waals surface area (Å²) in [6, 6.07) is 0. The molecule has 0 spiro atoms. The smallest absolute Gasteiger partial charge is 0.663 e. The third-order valence-electron chi connectivity index (χ3n) is 3.21. The van der Waals surface area contributed by atoms with Crippen LogP contribution in [0.25, 0.3) is 16.0 Å². The Morgan fingerprint density at radius 1 is 0.800 bits per heavy atom. The summed E-state index contributed by atoms with van der Waals surface area (Å²) in [7, 11) is 0. The predicted octanol–water partition coefficient (Wildman–Crippen LogP) is 6.92. The molecular weight excluding hydrogens is 473 g/mol. The third kappa shape index (κ3) is 32.4. The van der Waals surface area contributed by atoms with E-state index in [0.29, 0.717) is 5.92 Å². The Hall–Kier alpha value is 0.230. The van der Waals surface area contributed by atoms with Gasteiger partial charge in [0.2, 0.25) is 0 Å². The minimum atomic E-state index is 0. The van der Waals surface area contributed by atoms with Crippen molar-refractivity contribution < 1.29 is 25.8 Å². The van der Waals surface area contributed by atoms with E-state index in [1.165, 1.54) is 12.0 Å². The number of rotatable bonds is 8. The Morgan fingerprint density at radius 3 is 1.32 bits per heavy atom. The molecule has 3 nitrogen and oxygen atoms in total. The maximum atomic E-state index is 3.97. The summed E-state index contributed by atoms with van der Waals surface area (Å²) in [6.07, 6.45) is 9.93. The second-order valence-corrected chi connectivity index (χ2v) is 5.12. The molecule has 0 aliphatic heterocycles. The number of allylic oxidation sites excluding steroid dienone is 4. The van der Waals surface area contributed by atoms with Crippen molar-refractivity contribution in [2.45, 2.75) is 68.2 Å². The van der Waals surface area contributed by atoms with Crippen molar-refractivity contribution in [2.75, 3.05) is 39.3 Å². The van der Waals surface area contributed by atoms with Crippen LogP contribution in [0, 0.1) is 12.0 Å². The van der Waals surface area contributed by atoms with Crippen LogP contribution in [-0.2, 0) is 25.8 Å². The second-order valence-electron chi connectivity index (χ2n) is 5.12. The molecule has 0 saturated carbocycles. The van der Waals surface area contributed by atoms with Gasteiger partial charge in [0, 0.05) is 0 Å². The number of nitrogens with zero attached hydrogens (tertiary/aromatic N) is 3. The molecule has 1 aliphatic carbocycles. The molecule has 1 unspecified atom stereocenters. The van der Waals surface area contributed by atoms with Gasteiger partial charge in [0.05, 0.1) is 0 Å². The Balaban J connectivity index is -0.000000122. The maximum absolute atomic E-state index is 3.97. The third-order valence-corrected chi connectivity index (χ3v) is 3.21. The van der Waals surface area contributed by atoms with Crippen molar-refractivity contribution in [1.82, 2.24) is 0 Å². The molecule has 4 heteroatoms. The Kier molecular flexibility index (Phi) is 42.0. The maximum Gasteiger partial charge on any atom is 4.00 e. The van der Waals surface area contributed by atoms with E-state index in [2.05, 4.69) is 48.0 Å². The summed E-state index contributed by atoms with van der Waals surface area (Å²) in [5.74, 6) is 0.712. The van der Waals surface area contributed by atoms with Crippen molar-refractivity contribution in [3.8, 4) is 0 Å². The van der Waals surface area contributed by atoms with E-state index in [1.807, 2.05) is 41.5 Å². The van der Waals surface area contributed by atoms with Gasteiger partial charge in [-0.25, -0.2) is 11.6 Å². The molecule has 0 aromatic carbocycles. The standard InChI is InChI=1S/C9H13.3C4H10N.Hf/c1-3-8(2)9-6-4-5-7-9;3*1-3-5-4-2;/h4,6,8H,3,5H2,1-2H3;3*3-4H2,1-2H3;/q4*-1;+4. The van der Waals surface area contributed by atoms with Crippen molar-refractivity contribution in [2.24, 2.45) is 5.92 Å². The van der Waals surface area contributed by atoms with Crippen molar-refractivity contribution in [1.29, 1.82) is 0 Å². The molecule has 0 radical (unpaired) electrons. The minimum Gasteiger partial charge on any atom is -0.663 e. The monoisotopic (exact) mass is 517 g/mol. The van der Waals surface area contributed by atoms with Gasteiger partial charge in [0.15, 0.2) is 0 Å². The van der Waals surface area contributed by atoms with Crippen LogP contribution < -0.4 is 0 Å². The molecule has 0 N–H and O–H groups in total. The van der Waals surface area contributed by atoms with Crippen LogP contribution in [0.5, 0.6) is 0 Å². The summed E-state index contributed by atoms with van der Waals surface area (Å²) in [5.41, 5.74) is 1.40. The van der Waals surface area contributed by atoms with E-state index in [9.17, 15) is 0 Å². The summed E-state index contributed by atoms with van der Waals surface area (Å²) < 4.78 is 0. The zero-order valence-electron chi connectivity index (χ0n) is 18.2. The molecule has 25 heavy (non-hydrogen) atoms. The molecule has 0 fully saturated rings. The van der Waals surface area contributed by atoms with Gasteiger partial charge < -0.3 is 16.0 Å². The number of hydrogen-bond donors (Lipinski definition) is 0. The summed E-state index contributed by atoms with van der Waals surface area (Å²) in [5, 5.41) is 11.9. The van der Waals surface area contributed by atoms with Crippen molar-refractivity contribution in [3.05, 3.63) is 39.8 Å². The molecule has 1 rings (SSSR count). The van der Waals surface area contributed by atoms with Gasteiger partial charge in [-0.3, -0.25) is 6.08 Å². The first-order valence-corrected chi connectivity index (χ1v) is 9.76. The average Bonchev–Trinajstić information content (AvgIpc) is 3.13. The molecule has 0 amide bonds. The first kappa shape index (κ1) is 32.9. The normalized spacial score (nSPS) is 12.2. The van der Waals surface area contributed by atoms with E-state index in [1.54, 1.807) is 0 Å². The summed E-state index contributed by atoms with van der Waals surface area (Å²) in [6.45, 7) is 22.5. The zero-order valence-corrected chi connectivity index (χ0v) is 21.8. The van der Waals surface area contributed by atoms with Crippen LogP contribution in [0.15, 0.2) is 17.7 Å². The first-order chi connectivity index (χ1) is 11.6. The van der Waals surface area contributed by atoms with Gasteiger partial charge in [0.25, 0.3) is 0 Å². The number of hydrogen-bond acceptors (Lipinski definition) is 0. The molecular formula is C21H43HfN3. The topological polar surface area (TPSA) is 42.3 Å². The fraction of sp³-hybridized carbons (Fsp3) is 0.810. The predicted molar refractivity (Wildman–Crippen MR) is 113 cm³/mol. The average molecular weight is 516 g/mol. The van der Waals surface area contributed by atoms with E-state index in [4.69, 9.17) is 0 Å². The van der Waals surface area contributed by atoms with Gasteiger partial charge in [-0.15, -0.1) is 6.42 Å². The van der Waals surface area contributed by atoms with Gasteiger partial charge in [-0.05, 0) is 0 Å². The van der Waals surface area contributed by atoms with Crippen molar-refractivity contribution >= 4 is 0 Å². The Labute approximate surface area is 178 Å². The Morgan fingerprint density at radius 2 is 1.16 bits per heavy atom. The second kappa shape index (κ2) is 31.9. The SMILES string of the molecule is CCC(C)C1=[C-]CC=C1.CC[N-]CC.CC[N-]CC.CC[N-]CC.[Hf+4]. The molecule has 0 bridgehead atoms. The fourth-order valence-corrected chi connectivity index (χ4v) is 1.65. The molecule has 146 valence electrons. The van der Waals surface area contributed by atoms with Crippen LogP contribution in [0.1, 0.15) is 68.2 Å². The molecule has 0 heterocycles. The van der Waals surface area contributed by atoms with Gasteiger partial charge in [-0.2, -0.15) is 45.3 Å². The largest absolute Gasteiger partial charge is 4.00 e. The van der Waals surface area contributed by atoms with Crippen LogP contribution in [0.4, 0.5) is 0 Å². The van der Waals surface area contributed by atoms with E-state index in [0.717, 1.165) is 45.7 Å². The van der Waals surface area contributed by atoms with Gasteiger partial charge >= 0.3 is 25.8 Å². The quantitative estimate of drug-likeness (QED) is 0.249. The Bertz CT molecular complexity index is 246. The summed E-state index contributed by atoms with van der Waals surface area (Å²) in [4.78, 5) is 0. The van der Waals surface area contributed by atoms with Crippen LogP contribution >= 0.6 is 0 Å². The van der Waals surface area contributed by atoms with Gasteiger partial charge in [-0.1, -0.05) is 67.7 Å². The molecule has 1 atom stereocenters. The fourth-order valence-electron chi connectivity index (χ4n) is 1.65. The van der Waals surface area contributed by atoms with Crippen LogP contribution in [0.3, 0.4) is 0 Å². The first-order valence-electron chi connectivity index (χ1n) is 9.76. The summed E-state index contributed by atoms with van der Waals surface area (Å²) >= 11 is 0. The van der Waals surface area contributed by atoms with E-state index >= 15 is 0 Å². The molecule has 0 saturated heterocycles. The zero-order chi connectivity index (χ0) is 19.1. The van der Waals surface area contributed by atoms with Crippen LogP contribution in [-0.4, -0.2) is 39.3 Å². The van der Waals surface area contributed by atoms with Crippen LogP contribution in [0.2, 0.25) is 0 Å². The minimum absolute atomic E-state index is 0. The van der Waals surface area contributed by atoms with E-state index < -0.39 is 0 Å². The molecule has 0 aromatic heterocycles. The molecule has 0 aromatic rings.